The average Bonchev–Trinajstić information content (AvgIpc) is 1.93. The molecule has 1 heterocycles. The average molecular weight is 129 g/mol. The Morgan fingerprint density at radius 3 is 2.56 bits per heavy atom. The van der Waals surface area contributed by atoms with Crippen LogP contribution in [-0.4, -0.2) is 24.4 Å². The molecule has 9 heavy (non-hydrogen) atoms. The SMILES string of the molecule is C1=COCC=N1.O=CO. The summed E-state index contributed by atoms with van der Waals surface area (Å²) in [4.78, 5) is 12.1. The topological polar surface area (TPSA) is 58.9 Å². The van der Waals surface area contributed by atoms with Gasteiger partial charge in [-0.15, -0.1) is 0 Å². The van der Waals surface area contributed by atoms with Crippen molar-refractivity contribution in [1.82, 2.24) is 0 Å². The third-order valence-electron chi connectivity index (χ3n) is 0.519. The molecule has 1 N–H and O–H groups in total. The quantitative estimate of drug-likeness (QED) is 0.477. The van der Waals surface area contributed by atoms with Crippen LogP contribution in [0.2, 0.25) is 0 Å². The van der Waals surface area contributed by atoms with E-state index in [-0.39, 0.29) is 6.47 Å². The van der Waals surface area contributed by atoms with Gasteiger partial charge in [0.1, 0.15) is 12.9 Å². The lowest BCUT2D eigenvalue weighted by Crippen LogP contribution is -1.90. The van der Waals surface area contributed by atoms with Crippen molar-refractivity contribution < 1.29 is 14.6 Å². The zero-order valence-corrected chi connectivity index (χ0v) is 4.73. The molecule has 50 valence electrons. The second-order valence-corrected chi connectivity index (χ2v) is 1.06. The number of hydrogen-bond donors (Lipinski definition) is 1. The van der Waals surface area contributed by atoms with E-state index in [0.717, 1.165) is 0 Å². The third-order valence-corrected chi connectivity index (χ3v) is 0.519. The molecule has 1 aliphatic rings. The highest BCUT2D eigenvalue weighted by molar-refractivity contribution is 5.60. The molecule has 0 saturated heterocycles. The van der Waals surface area contributed by atoms with E-state index >= 15 is 0 Å². The normalized spacial score (nSPS) is 12.9. The Bertz CT molecular complexity index is 107. The highest BCUT2D eigenvalue weighted by atomic mass is 16.5. The van der Waals surface area contributed by atoms with Gasteiger partial charge in [-0.05, 0) is 0 Å². The summed E-state index contributed by atoms with van der Waals surface area (Å²) in [5.74, 6) is 0. The van der Waals surface area contributed by atoms with Gasteiger partial charge in [0.15, 0.2) is 0 Å². The van der Waals surface area contributed by atoms with Crippen LogP contribution in [0.25, 0.3) is 0 Å². The van der Waals surface area contributed by atoms with Gasteiger partial charge in [-0.25, -0.2) is 0 Å². The number of nitrogens with zero attached hydrogens (tertiary/aromatic N) is 1. The second-order valence-electron chi connectivity index (χ2n) is 1.06. The first kappa shape index (κ1) is 7.68. The van der Waals surface area contributed by atoms with Gasteiger partial charge in [-0.2, -0.15) is 0 Å². The number of rotatable bonds is 0. The van der Waals surface area contributed by atoms with E-state index in [9.17, 15) is 0 Å². The predicted molar refractivity (Wildman–Crippen MR) is 32.3 cm³/mol. The molecule has 0 saturated carbocycles. The molecule has 0 spiro atoms. The molecule has 0 aliphatic carbocycles. The minimum absolute atomic E-state index is 0.250. The molecule has 0 aromatic heterocycles. The van der Waals surface area contributed by atoms with Gasteiger partial charge in [-0.3, -0.25) is 9.79 Å². The van der Waals surface area contributed by atoms with Crippen LogP contribution in [0, 0.1) is 0 Å². The Labute approximate surface area is 52.5 Å². The van der Waals surface area contributed by atoms with E-state index in [1.54, 1.807) is 18.7 Å². The fourth-order valence-electron chi connectivity index (χ4n) is 0.281. The minimum atomic E-state index is -0.250. The maximum Gasteiger partial charge on any atom is 0.290 e. The summed E-state index contributed by atoms with van der Waals surface area (Å²) in [5, 5.41) is 6.89. The monoisotopic (exact) mass is 129 g/mol. The molecule has 0 atom stereocenters. The van der Waals surface area contributed by atoms with Crippen LogP contribution in [0.3, 0.4) is 0 Å². The lowest BCUT2D eigenvalue weighted by atomic mass is 10.7. The largest absolute Gasteiger partial charge is 0.494 e. The molecule has 0 radical (unpaired) electrons. The van der Waals surface area contributed by atoms with Crippen molar-refractivity contribution in [2.45, 2.75) is 0 Å². The van der Waals surface area contributed by atoms with E-state index in [1.807, 2.05) is 0 Å². The summed E-state index contributed by atoms with van der Waals surface area (Å²) in [6.45, 7) is 0.372. The van der Waals surface area contributed by atoms with Crippen LogP contribution in [0.4, 0.5) is 0 Å². The van der Waals surface area contributed by atoms with Crippen LogP contribution in [0.5, 0.6) is 0 Å². The number of carboxylic acid groups (broad SMARTS) is 1. The van der Waals surface area contributed by atoms with E-state index in [1.165, 1.54) is 0 Å². The van der Waals surface area contributed by atoms with Gasteiger partial charge >= 0.3 is 0 Å². The fourth-order valence-corrected chi connectivity index (χ4v) is 0.281. The van der Waals surface area contributed by atoms with Crippen molar-refractivity contribution in [2.24, 2.45) is 4.99 Å². The van der Waals surface area contributed by atoms with Gasteiger partial charge in [0.25, 0.3) is 6.47 Å². The minimum Gasteiger partial charge on any atom is -0.494 e. The van der Waals surface area contributed by atoms with Crippen LogP contribution in [-0.2, 0) is 9.53 Å². The maximum absolute atomic E-state index is 8.36. The molecule has 1 rings (SSSR count). The van der Waals surface area contributed by atoms with E-state index in [0.29, 0.717) is 6.61 Å². The van der Waals surface area contributed by atoms with Crippen LogP contribution < -0.4 is 0 Å². The number of aliphatic imine (C=N–C) groups is 1. The highest BCUT2D eigenvalue weighted by Gasteiger charge is 1.76. The van der Waals surface area contributed by atoms with E-state index in [4.69, 9.17) is 14.6 Å². The fraction of sp³-hybridized carbons (Fsp3) is 0.200. The van der Waals surface area contributed by atoms with E-state index in [2.05, 4.69) is 4.99 Å². The van der Waals surface area contributed by atoms with Crippen molar-refractivity contribution in [3.8, 4) is 0 Å². The predicted octanol–water partition coefficient (Wildman–Crippen LogP) is 0.259. The number of hydrogen-bond acceptors (Lipinski definition) is 3. The van der Waals surface area contributed by atoms with Gasteiger partial charge in [0.05, 0.1) is 6.20 Å². The lowest BCUT2D eigenvalue weighted by molar-refractivity contribution is -0.122. The lowest BCUT2D eigenvalue weighted by Gasteiger charge is -1.94. The standard InChI is InChI=1S/C4H5NO.CH2O2/c1-3-6-4-2-5-1;2-1-3/h1-3H,4H2;1H,(H,2,3). The Kier molecular flexibility index (Phi) is 5.70. The summed E-state index contributed by atoms with van der Waals surface area (Å²) in [5.41, 5.74) is 0. The molecule has 0 fully saturated rings. The van der Waals surface area contributed by atoms with Crippen molar-refractivity contribution >= 4 is 12.7 Å². The summed E-state index contributed by atoms with van der Waals surface area (Å²) in [6, 6.07) is 0. The third kappa shape index (κ3) is 6.68. The molecule has 0 unspecified atom stereocenters. The number of carbonyl (C=O) groups is 1. The summed E-state index contributed by atoms with van der Waals surface area (Å²) in [7, 11) is 0. The van der Waals surface area contributed by atoms with Crippen molar-refractivity contribution in [1.29, 1.82) is 0 Å². The molecular formula is C5H7NO3. The number of ether oxygens (including phenoxy) is 1. The van der Waals surface area contributed by atoms with E-state index < -0.39 is 0 Å². The second kappa shape index (κ2) is 6.68. The molecular weight excluding hydrogens is 122 g/mol. The first-order valence-electron chi connectivity index (χ1n) is 2.28. The summed E-state index contributed by atoms with van der Waals surface area (Å²) >= 11 is 0. The van der Waals surface area contributed by atoms with Gasteiger partial charge in [0.2, 0.25) is 0 Å². The maximum atomic E-state index is 8.36. The summed E-state index contributed by atoms with van der Waals surface area (Å²) in [6.07, 6.45) is 4.89. The Morgan fingerprint density at radius 2 is 2.44 bits per heavy atom. The summed E-state index contributed by atoms with van der Waals surface area (Å²) < 4.78 is 4.74. The first-order valence-corrected chi connectivity index (χ1v) is 2.28. The van der Waals surface area contributed by atoms with Crippen LogP contribution in [0.15, 0.2) is 17.5 Å². The van der Waals surface area contributed by atoms with Crippen LogP contribution >= 0.6 is 0 Å². The zero-order chi connectivity index (χ0) is 6.95. The van der Waals surface area contributed by atoms with Gasteiger partial charge in [0, 0.05) is 6.21 Å². The molecule has 0 aromatic carbocycles. The Hall–Kier alpha value is -1.32. The molecule has 4 nitrogen and oxygen atoms in total. The first-order chi connectivity index (χ1) is 4.41. The molecule has 0 bridgehead atoms. The van der Waals surface area contributed by atoms with Crippen molar-refractivity contribution in [3.63, 3.8) is 0 Å². The van der Waals surface area contributed by atoms with Gasteiger partial charge in [-0.1, -0.05) is 0 Å². The Balaban J connectivity index is 0.000000187. The molecule has 0 aromatic rings. The van der Waals surface area contributed by atoms with Crippen LogP contribution in [0.1, 0.15) is 0 Å². The van der Waals surface area contributed by atoms with Gasteiger partial charge < -0.3 is 9.84 Å². The molecule has 0 amide bonds. The molecule has 1 aliphatic heterocycles. The molecule has 4 heteroatoms. The Morgan fingerprint density at radius 1 is 1.78 bits per heavy atom. The van der Waals surface area contributed by atoms with Crippen molar-refractivity contribution in [3.05, 3.63) is 12.5 Å². The van der Waals surface area contributed by atoms with Crippen molar-refractivity contribution in [2.75, 3.05) is 6.61 Å². The zero-order valence-electron chi connectivity index (χ0n) is 4.73. The highest BCUT2D eigenvalue weighted by Crippen LogP contribution is 1.82. The smallest absolute Gasteiger partial charge is 0.290 e.